The number of aromatic nitrogens is 2. The van der Waals surface area contributed by atoms with Crippen LogP contribution in [0.15, 0.2) is 66.7 Å². The average Bonchev–Trinajstić information content (AvgIpc) is 2.89. The van der Waals surface area contributed by atoms with Crippen molar-refractivity contribution in [3.8, 4) is 11.5 Å². The number of anilines is 5. The fraction of sp³-hybridized carbons (Fsp3) is 0.160. The number of hydrogen-bond donors (Lipinski definition) is 4. The Morgan fingerprint density at radius 2 is 1.57 bits per heavy atom. The molecule has 3 N–H and O–H groups in total. The summed E-state index contributed by atoms with van der Waals surface area (Å²) in [5, 5.41) is 8.67. The molecule has 1 amide bonds. The summed E-state index contributed by atoms with van der Waals surface area (Å²) in [5.74, 6) is 1.05. The van der Waals surface area contributed by atoms with Gasteiger partial charge in [0.25, 0.3) is 0 Å². The maximum atomic E-state index is 12.6. The van der Waals surface area contributed by atoms with E-state index in [2.05, 4.69) is 25.9 Å². The van der Waals surface area contributed by atoms with Crippen molar-refractivity contribution < 1.29 is 22.7 Å². The van der Waals surface area contributed by atoms with Crippen LogP contribution in [0.1, 0.15) is 0 Å². The smallest absolute Gasteiger partial charge is 0.238 e. The van der Waals surface area contributed by atoms with Crippen LogP contribution in [0.2, 0.25) is 0 Å². The normalized spacial score (nSPS) is 10.8. The number of hydrogen-bond acceptors (Lipinski definition) is 9. The second kappa shape index (κ2) is 11.5. The van der Waals surface area contributed by atoms with E-state index in [1.807, 2.05) is 6.07 Å². The second-order valence-electron chi connectivity index (χ2n) is 7.79. The van der Waals surface area contributed by atoms with Gasteiger partial charge in [0.05, 0.1) is 37.5 Å². The van der Waals surface area contributed by atoms with Gasteiger partial charge < -0.3 is 25.4 Å². The number of thiol groups is 1. The van der Waals surface area contributed by atoms with Crippen LogP contribution in [-0.2, 0) is 15.7 Å². The predicted molar refractivity (Wildman–Crippen MR) is 144 cm³/mol. The highest BCUT2D eigenvalue weighted by atomic mass is 32.2. The van der Waals surface area contributed by atoms with Gasteiger partial charge in [0.15, 0.2) is 11.6 Å². The molecule has 0 aliphatic carbocycles. The fourth-order valence-corrected chi connectivity index (χ4v) is 4.22. The first-order valence-corrected chi connectivity index (χ1v) is 12.3. The van der Waals surface area contributed by atoms with Crippen LogP contribution in [0, 0.1) is 0 Å². The molecule has 0 unspecified atom stereocenters. The van der Waals surface area contributed by atoms with E-state index in [4.69, 9.17) is 9.47 Å². The second-order valence-corrected chi connectivity index (χ2v) is 8.67. The summed E-state index contributed by atoms with van der Waals surface area (Å²) in [7, 11) is 1.52. The number of para-hydroxylation sites is 2. The van der Waals surface area contributed by atoms with Crippen molar-refractivity contribution in [1.29, 1.82) is 0 Å². The Labute approximate surface area is 215 Å². The molecule has 0 aliphatic rings. The van der Waals surface area contributed by atoms with Crippen molar-refractivity contribution in [3.05, 3.63) is 66.7 Å². The maximum Gasteiger partial charge on any atom is 0.238 e. The number of nitrogens with zero attached hydrogens (tertiary/aromatic N) is 3. The Bertz CT molecular complexity index is 1480. The molecule has 0 bridgehead atoms. The number of fused-ring (bicyclic) bond motifs is 1. The topological polar surface area (TPSA) is 135 Å². The Morgan fingerprint density at radius 3 is 2.19 bits per heavy atom. The molecule has 4 rings (SSSR count). The van der Waals surface area contributed by atoms with Crippen molar-refractivity contribution in [2.45, 2.75) is 0 Å². The third-order valence-corrected chi connectivity index (χ3v) is 5.99. The Kier molecular flexibility index (Phi) is 8.01. The summed E-state index contributed by atoms with van der Waals surface area (Å²) in [6, 6.07) is 18.8. The van der Waals surface area contributed by atoms with E-state index in [-0.39, 0.29) is 29.8 Å². The molecular weight excluding hydrogens is 496 g/mol. The van der Waals surface area contributed by atoms with Crippen LogP contribution in [0.4, 0.5) is 28.7 Å². The van der Waals surface area contributed by atoms with Crippen LogP contribution < -0.4 is 29.7 Å². The lowest BCUT2D eigenvalue weighted by Gasteiger charge is -2.21. The summed E-state index contributed by atoms with van der Waals surface area (Å²) in [5.41, 5.74) is 2.33. The number of carbonyl (C=O) groups is 1. The minimum absolute atomic E-state index is 0.0512. The fourth-order valence-electron chi connectivity index (χ4n) is 3.61. The number of carbonyl (C=O) groups excluding carboxylic acids is 1. The van der Waals surface area contributed by atoms with E-state index in [0.717, 1.165) is 4.31 Å². The molecule has 0 saturated heterocycles. The third kappa shape index (κ3) is 6.05. The Hall–Kier alpha value is -4.42. The Balaban J connectivity index is 1.84. The minimum Gasteiger partial charge on any atom is -0.497 e. The van der Waals surface area contributed by atoms with Crippen molar-refractivity contribution >= 4 is 56.5 Å². The number of methoxy groups -OCH3 is 2. The van der Waals surface area contributed by atoms with Crippen molar-refractivity contribution in [3.63, 3.8) is 0 Å². The SMILES string of the molecule is CNCC(=O)Nc1cccc(N(c2nc3ccccc3nc2Nc2cc(OC)cc(OC)c2)[SH](=O)=O)c1. The zero-order chi connectivity index (χ0) is 26.4. The van der Waals surface area contributed by atoms with Crippen LogP contribution in [0.5, 0.6) is 11.5 Å². The van der Waals surface area contributed by atoms with E-state index >= 15 is 0 Å². The number of ether oxygens (including phenoxy) is 2. The first-order chi connectivity index (χ1) is 17.9. The molecule has 0 atom stereocenters. The van der Waals surface area contributed by atoms with Crippen LogP contribution >= 0.6 is 0 Å². The van der Waals surface area contributed by atoms with E-state index in [1.165, 1.54) is 14.2 Å². The standard InChI is InChI=1S/C25H26N6O5S/c1-26-15-23(32)27-16-7-6-8-18(11-16)31(37(33)34)25-24(29-21-9-4-5-10-22(21)30-25)28-17-12-19(35-2)14-20(13-17)36-3/h4-14,26,37H,15H2,1-3H3,(H,27,32)(H,28,29). The molecule has 12 heteroatoms. The number of likely N-dealkylation sites (N-methyl/N-ethyl adjacent to an activating group) is 1. The van der Waals surface area contributed by atoms with Crippen LogP contribution in [0.3, 0.4) is 0 Å². The maximum absolute atomic E-state index is 12.6. The lowest BCUT2D eigenvalue weighted by molar-refractivity contribution is -0.115. The molecule has 0 spiro atoms. The van der Waals surface area contributed by atoms with Gasteiger partial charge in [-0.25, -0.2) is 22.7 Å². The summed E-state index contributed by atoms with van der Waals surface area (Å²) in [6.45, 7) is 0.109. The van der Waals surface area contributed by atoms with Gasteiger partial charge in [-0.3, -0.25) is 4.79 Å². The highest BCUT2D eigenvalue weighted by molar-refractivity contribution is 7.74. The Morgan fingerprint density at radius 1 is 0.892 bits per heavy atom. The van der Waals surface area contributed by atoms with Gasteiger partial charge >= 0.3 is 0 Å². The van der Waals surface area contributed by atoms with Gasteiger partial charge in [-0.15, -0.1) is 0 Å². The zero-order valence-corrected chi connectivity index (χ0v) is 21.3. The van der Waals surface area contributed by atoms with Gasteiger partial charge in [0.1, 0.15) is 11.5 Å². The molecule has 192 valence electrons. The molecule has 0 aliphatic heterocycles. The molecule has 1 aromatic heterocycles. The highest BCUT2D eigenvalue weighted by Gasteiger charge is 2.21. The van der Waals surface area contributed by atoms with Gasteiger partial charge in [-0.2, -0.15) is 0 Å². The van der Waals surface area contributed by atoms with Gasteiger partial charge in [0.2, 0.25) is 16.8 Å². The highest BCUT2D eigenvalue weighted by Crippen LogP contribution is 2.35. The molecule has 3 aromatic carbocycles. The van der Waals surface area contributed by atoms with E-state index in [0.29, 0.717) is 33.9 Å². The summed E-state index contributed by atoms with van der Waals surface area (Å²) in [4.78, 5) is 21.3. The summed E-state index contributed by atoms with van der Waals surface area (Å²) in [6.07, 6.45) is 0. The third-order valence-electron chi connectivity index (χ3n) is 5.24. The van der Waals surface area contributed by atoms with E-state index in [9.17, 15) is 13.2 Å². The van der Waals surface area contributed by atoms with Crippen molar-refractivity contribution in [2.75, 3.05) is 42.8 Å². The zero-order valence-electron chi connectivity index (χ0n) is 20.4. The van der Waals surface area contributed by atoms with Crippen molar-refractivity contribution in [1.82, 2.24) is 15.3 Å². The van der Waals surface area contributed by atoms with Crippen molar-refractivity contribution in [2.24, 2.45) is 0 Å². The van der Waals surface area contributed by atoms with Gasteiger partial charge in [0, 0.05) is 29.6 Å². The first kappa shape index (κ1) is 25.7. The molecule has 37 heavy (non-hydrogen) atoms. The molecule has 4 aromatic rings. The number of rotatable bonds is 10. The quantitative estimate of drug-likeness (QED) is 0.232. The summed E-state index contributed by atoms with van der Waals surface area (Å²) < 4.78 is 37.0. The lowest BCUT2D eigenvalue weighted by atomic mass is 10.2. The van der Waals surface area contributed by atoms with Crippen LogP contribution in [-0.4, -0.2) is 52.1 Å². The molecular formula is C25H26N6O5S. The number of benzene rings is 3. The van der Waals surface area contributed by atoms with Gasteiger partial charge in [-0.1, -0.05) is 18.2 Å². The number of nitrogens with one attached hydrogen (secondary N) is 3. The lowest BCUT2D eigenvalue weighted by Crippen LogP contribution is -2.25. The molecule has 0 saturated carbocycles. The molecule has 1 heterocycles. The largest absolute Gasteiger partial charge is 0.497 e. The number of amides is 1. The predicted octanol–water partition coefficient (Wildman–Crippen LogP) is 3.21. The minimum atomic E-state index is -3.20. The molecule has 0 fully saturated rings. The summed E-state index contributed by atoms with van der Waals surface area (Å²) >= 11 is 0. The van der Waals surface area contributed by atoms with Gasteiger partial charge in [-0.05, 0) is 37.4 Å². The molecule has 0 radical (unpaired) electrons. The van der Waals surface area contributed by atoms with E-state index in [1.54, 1.807) is 67.7 Å². The van der Waals surface area contributed by atoms with E-state index < -0.39 is 10.9 Å². The first-order valence-electron chi connectivity index (χ1n) is 11.2. The average molecular weight is 523 g/mol. The molecule has 11 nitrogen and oxygen atoms in total. The van der Waals surface area contributed by atoms with Crippen LogP contribution in [0.25, 0.3) is 11.0 Å². The monoisotopic (exact) mass is 522 g/mol.